The lowest BCUT2D eigenvalue weighted by molar-refractivity contribution is -0.141. The molecule has 0 spiro atoms. The quantitative estimate of drug-likeness (QED) is 0.431. The Morgan fingerprint density at radius 3 is 3.07 bits per heavy atom. The van der Waals surface area contributed by atoms with Crippen LogP contribution >= 0.6 is 19.5 Å². The summed E-state index contributed by atoms with van der Waals surface area (Å²) in [5.74, 6) is -0.373. The highest BCUT2D eigenvalue weighted by molar-refractivity contribution is 8.00. The van der Waals surface area contributed by atoms with Crippen molar-refractivity contribution in [2.75, 3.05) is 18.9 Å². The van der Waals surface area contributed by atoms with Crippen molar-refractivity contribution >= 4 is 31.3 Å². The number of carbonyl (C=O) groups excluding carboxylic acids is 1. The molecule has 0 radical (unpaired) electrons. The van der Waals surface area contributed by atoms with Crippen LogP contribution < -0.4 is 16.5 Å². The minimum Gasteiger partial charge on any atom is -0.464 e. The highest BCUT2D eigenvalue weighted by atomic mass is 32.2. The molecule has 2 fully saturated rings. The average molecular weight is 420 g/mol. The Kier molecular flexibility index (Phi) is 5.94. The lowest BCUT2D eigenvalue weighted by Crippen LogP contribution is -2.43. The van der Waals surface area contributed by atoms with E-state index in [1.807, 2.05) is 0 Å². The third-order valence-electron chi connectivity index (χ3n) is 4.02. The van der Waals surface area contributed by atoms with Crippen molar-refractivity contribution in [3.05, 3.63) is 22.7 Å². The first-order valence-corrected chi connectivity index (χ1v) is 10.7. The first kappa shape index (κ1) is 20.3. The number of fused-ring (bicyclic) bond motifs is 1. The molecule has 2 aliphatic heterocycles. The van der Waals surface area contributed by atoms with Gasteiger partial charge in [0.15, 0.2) is 0 Å². The van der Waals surface area contributed by atoms with Gasteiger partial charge in [0.05, 0.1) is 11.9 Å². The maximum atomic E-state index is 12.8. The Bertz CT molecular complexity index is 821. The Labute approximate surface area is 159 Å². The van der Waals surface area contributed by atoms with Crippen LogP contribution in [0.5, 0.6) is 0 Å². The molecule has 3 heterocycles. The van der Waals surface area contributed by atoms with Crippen LogP contribution in [-0.4, -0.2) is 57.3 Å². The van der Waals surface area contributed by atoms with E-state index in [4.69, 9.17) is 19.5 Å². The number of thioether (sulfide) groups is 1. The van der Waals surface area contributed by atoms with Crippen molar-refractivity contribution in [3.8, 4) is 0 Å². The first-order chi connectivity index (χ1) is 12.7. The molecule has 13 heteroatoms. The fourth-order valence-electron chi connectivity index (χ4n) is 2.81. The second-order valence-corrected chi connectivity index (χ2v) is 9.38. The summed E-state index contributed by atoms with van der Waals surface area (Å²) < 4.78 is 29.8. The van der Waals surface area contributed by atoms with Gasteiger partial charge in [0, 0.05) is 19.2 Å². The van der Waals surface area contributed by atoms with Crippen LogP contribution in [0.3, 0.4) is 0 Å². The molecule has 0 aromatic carbocycles. The molecule has 2 aliphatic rings. The lowest BCUT2D eigenvalue weighted by Gasteiger charge is -2.33. The van der Waals surface area contributed by atoms with Gasteiger partial charge in [-0.1, -0.05) is 0 Å². The van der Waals surface area contributed by atoms with Crippen molar-refractivity contribution in [2.45, 2.75) is 42.7 Å². The van der Waals surface area contributed by atoms with Crippen LogP contribution in [-0.2, 0) is 23.1 Å². The first-order valence-electron chi connectivity index (χ1n) is 8.21. The van der Waals surface area contributed by atoms with Crippen LogP contribution in [0.25, 0.3) is 0 Å². The number of nitrogen functional groups attached to an aromatic ring is 1. The number of nitrogens with zero attached hydrogens (tertiary/aromatic N) is 2. The number of carbonyl (C=O) groups is 1. The molecule has 0 bridgehead atoms. The third-order valence-corrected chi connectivity index (χ3v) is 7.33. The minimum atomic E-state index is -3.71. The zero-order valence-electron chi connectivity index (χ0n) is 14.7. The second-order valence-electron chi connectivity index (χ2n) is 6.29. The summed E-state index contributed by atoms with van der Waals surface area (Å²) in [4.78, 5) is 26.6. The summed E-state index contributed by atoms with van der Waals surface area (Å²) in [7, 11) is -3.71. The van der Waals surface area contributed by atoms with E-state index in [9.17, 15) is 19.3 Å². The Morgan fingerprint density at radius 2 is 2.41 bits per heavy atom. The molecule has 150 valence electrons. The number of aliphatic hydroxyl groups excluding tert-OH is 1. The molecule has 2 unspecified atom stereocenters. The molecule has 0 saturated carbocycles. The fraction of sp³-hybridized carbons (Fsp3) is 0.643. The summed E-state index contributed by atoms with van der Waals surface area (Å²) in [6, 6.07) is 0.971. The molecule has 0 amide bonds. The number of hydrogen-bond acceptors (Lipinski definition) is 10. The number of esters is 1. The lowest BCUT2D eigenvalue weighted by atomic mass is 10.1. The van der Waals surface area contributed by atoms with E-state index in [2.05, 4.69) is 10.1 Å². The van der Waals surface area contributed by atoms with Gasteiger partial charge < -0.3 is 15.6 Å². The van der Waals surface area contributed by atoms with Gasteiger partial charge in [-0.05, 0) is 13.0 Å². The van der Waals surface area contributed by atoms with Crippen molar-refractivity contribution in [1.29, 1.82) is 0 Å². The normalized spacial score (nSPS) is 34.0. The van der Waals surface area contributed by atoms with E-state index in [-0.39, 0.29) is 24.3 Å². The number of ether oxygens (including phenoxy) is 1. The number of hydrogen-bond donors (Lipinski definition) is 3. The maximum absolute atomic E-state index is 12.8. The molecule has 2 saturated heterocycles. The topological polar surface area (TPSA) is 155 Å². The summed E-state index contributed by atoms with van der Waals surface area (Å²) in [6.07, 6.45) is -0.466. The predicted octanol–water partition coefficient (Wildman–Crippen LogP) is -0.135. The number of anilines is 1. The number of nitrogens with one attached hydrogen (secondary N) is 1. The van der Waals surface area contributed by atoms with Gasteiger partial charge in [0.2, 0.25) is 0 Å². The number of nitrogens with two attached hydrogens (primary N) is 1. The predicted molar refractivity (Wildman–Crippen MR) is 97.0 cm³/mol. The Morgan fingerprint density at radius 1 is 1.67 bits per heavy atom. The molecule has 3 rings (SSSR count). The van der Waals surface area contributed by atoms with E-state index < -0.39 is 43.0 Å². The van der Waals surface area contributed by atoms with Crippen LogP contribution in [0, 0.1) is 0 Å². The molecule has 4 N–H and O–H groups in total. The summed E-state index contributed by atoms with van der Waals surface area (Å²) >= 11 is 1.27. The molecule has 1 aromatic heterocycles. The molecule has 27 heavy (non-hydrogen) atoms. The summed E-state index contributed by atoms with van der Waals surface area (Å²) in [6.45, 7) is 2.98. The number of aromatic nitrogens is 2. The second kappa shape index (κ2) is 7.90. The van der Waals surface area contributed by atoms with Crippen LogP contribution in [0.2, 0.25) is 0 Å². The van der Waals surface area contributed by atoms with Crippen LogP contribution in [0.4, 0.5) is 5.82 Å². The molecular weight excluding hydrogens is 399 g/mol. The third kappa shape index (κ3) is 4.53. The van der Waals surface area contributed by atoms with Gasteiger partial charge in [0.1, 0.15) is 30.0 Å². The highest BCUT2D eigenvalue weighted by Crippen LogP contribution is 2.56. The largest absolute Gasteiger partial charge is 0.464 e. The minimum absolute atomic E-state index is 0.00737. The molecule has 6 atom stereocenters. The summed E-state index contributed by atoms with van der Waals surface area (Å²) in [5.41, 5.74) is 4.89. The van der Waals surface area contributed by atoms with E-state index in [0.29, 0.717) is 0 Å². The SMILES string of the molecule is CC(=O)OC[C@H](C)NP1(=O)OC[C@H]2S[C@@H](n3ccc(N)nc3=O)[C@@H](O)C2O1. The van der Waals surface area contributed by atoms with E-state index >= 15 is 0 Å². The van der Waals surface area contributed by atoms with E-state index in [1.54, 1.807) is 6.92 Å². The van der Waals surface area contributed by atoms with Crippen LogP contribution in [0.15, 0.2) is 17.1 Å². The molecule has 0 aliphatic carbocycles. The fourth-order valence-corrected chi connectivity index (χ4v) is 6.24. The maximum Gasteiger partial charge on any atom is 0.406 e. The van der Waals surface area contributed by atoms with Crippen molar-refractivity contribution in [3.63, 3.8) is 0 Å². The molecule has 1 aromatic rings. The summed E-state index contributed by atoms with van der Waals surface area (Å²) in [5, 5.41) is 12.3. The van der Waals surface area contributed by atoms with Crippen molar-refractivity contribution in [1.82, 2.24) is 14.6 Å². The zero-order chi connectivity index (χ0) is 19.8. The van der Waals surface area contributed by atoms with Gasteiger partial charge >= 0.3 is 19.4 Å². The van der Waals surface area contributed by atoms with Crippen molar-refractivity contribution in [2.24, 2.45) is 0 Å². The standard InChI is InChI=1S/C14H21N4O7PS/c1-7(5-23-8(2)19)17-26(22)24-6-9-12(25-26)11(20)13(27-9)18-4-3-10(15)16-14(18)21/h3-4,7,9,11-13,20H,5-6H2,1-2H3,(H,17,22)(H2,15,16,21)/t7-,9+,11-,12?,13+,26?/m0/s1. The smallest absolute Gasteiger partial charge is 0.406 e. The molecule has 11 nitrogen and oxygen atoms in total. The van der Waals surface area contributed by atoms with Crippen LogP contribution in [0.1, 0.15) is 19.2 Å². The number of aliphatic hydroxyl groups is 1. The van der Waals surface area contributed by atoms with Crippen molar-refractivity contribution < 1.29 is 28.3 Å². The van der Waals surface area contributed by atoms with E-state index in [0.717, 1.165) is 0 Å². The van der Waals surface area contributed by atoms with Gasteiger partial charge in [-0.2, -0.15) is 4.98 Å². The van der Waals surface area contributed by atoms with Gasteiger partial charge in [-0.3, -0.25) is 18.4 Å². The monoisotopic (exact) mass is 420 g/mol. The van der Waals surface area contributed by atoms with Gasteiger partial charge in [-0.15, -0.1) is 11.8 Å². The van der Waals surface area contributed by atoms with E-state index in [1.165, 1.54) is 35.5 Å². The highest BCUT2D eigenvalue weighted by Gasteiger charge is 2.52. The molecular formula is C14H21N4O7PS. The zero-order valence-corrected chi connectivity index (χ0v) is 16.4. The average Bonchev–Trinajstić information content (AvgIpc) is 2.89. The number of rotatable bonds is 5. The Hall–Kier alpha value is -1.43. The Balaban J connectivity index is 1.69. The van der Waals surface area contributed by atoms with Gasteiger partial charge in [-0.25, -0.2) is 14.4 Å². The van der Waals surface area contributed by atoms with Gasteiger partial charge in [0.25, 0.3) is 0 Å².